The van der Waals surface area contributed by atoms with Gasteiger partial charge in [0.25, 0.3) is 0 Å². The summed E-state index contributed by atoms with van der Waals surface area (Å²) in [5.41, 5.74) is 0.500. The van der Waals surface area contributed by atoms with E-state index in [0.717, 1.165) is 44.4 Å². The van der Waals surface area contributed by atoms with Gasteiger partial charge in [0, 0.05) is 37.5 Å². The minimum Gasteiger partial charge on any atom is -0.357 e. The number of nitrogens with zero attached hydrogens (tertiary/aromatic N) is 2. The van der Waals surface area contributed by atoms with Crippen molar-refractivity contribution in [3.63, 3.8) is 0 Å². The van der Waals surface area contributed by atoms with Crippen molar-refractivity contribution in [2.24, 2.45) is 0 Å². The number of amides is 2. The summed E-state index contributed by atoms with van der Waals surface area (Å²) in [6.07, 6.45) is -3.62. The molecule has 0 fully saturated rings. The van der Waals surface area contributed by atoms with Crippen LogP contribution in [0.5, 0.6) is 0 Å². The summed E-state index contributed by atoms with van der Waals surface area (Å²) in [4.78, 5) is 28.2. The van der Waals surface area contributed by atoms with Crippen molar-refractivity contribution in [1.29, 1.82) is 0 Å². The van der Waals surface area contributed by atoms with Gasteiger partial charge in [0.15, 0.2) is 0 Å². The third-order valence-corrected chi connectivity index (χ3v) is 8.06. The monoisotopic (exact) mass is 653 g/mol. The Morgan fingerprint density at radius 2 is 1.61 bits per heavy atom. The van der Waals surface area contributed by atoms with Crippen LogP contribution in [0.1, 0.15) is 29.5 Å². The van der Waals surface area contributed by atoms with Crippen LogP contribution in [0.15, 0.2) is 83.3 Å². The Bertz CT molecular complexity index is 1450. The van der Waals surface area contributed by atoms with Crippen molar-refractivity contribution in [2.75, 3.05) is 24.2 Å². The maximum absolute atomic E-state index is 13.7. The lowest BCUT2D eigenvalue weighted by Gasteiger charge is -2.31. The Labute approximate surface area is 246 Å². The van der Waals surface area contributed by atoms with E-state index in [2.05, 4.69) is 21.2 Å². The molecule has 0 spiro atoms. The van der Waals surface area contributed by atoms with E-state index in [1.807, 2.05) is 54.6 Å². The highest BCUT2D eigenvalue weighted by atomic mass is 79.9. The molecule has 2 amide bonds. The molecule has 1 N–H and O–H groups in total. The number of sulfonamides is 1. The van der Waals surface area contributed by atoms with Crippen LogP contribution in [-0.2, 0) is 38.8 Å². The number of hydrogen-bond donors (Lipinski definition) is 1. The highest BCUT2D eigenvalue weighted by Crippen LogP contribution is 2.32. The van der Waals surface area contributed by atoms with Crippen molar-refractivity contribution >= 4 is 43.5 Å². The van der Waals surface area contributed by atoms with Crippen LogP contribution in [0, 0.1) is 0 Å². The fourth-order valence-electron chi connectivity index (χ4n) is 4.39. The fraction of sp³-hybridized carbons (Fsp3) is 0.310. The van der Waals surface area contributed by atoms with E-state index in [0.29, 0.717) is 0 Å². The van der Waals surface area contributed by atoms with Gasteiger partial charge in [-0.25, -0.2) is 8.42 Å². The van der Waals surface area contributed by atoms with Gasteiger partial charge in [-0.05, 0) is 47.9 Å². The van der Waals surface area contributed by atoms with Crippen LogP contribution in [-0.4, -0.2) is 51.0 Å². The Morgan fingerprint density at radius 3 is 2.22 bits per heavy atom. The summed E-state index contributed by atoms with van der Waals surface area (Å²) in [7, 11) is -2.47. The van der Waals surface area contributed by atoms with Gasteiger partial charge in [0.2, 0.25) is 21.8 Å². The molecular formula is C29H31BrF3N3O4S. The Morgan fingerprint density at radius 1 is 0.951 bits per heavy atom. The first kappa shape index (κ1) is 32.1. The van der Waals surface area contributed by atoms with Gasteiger partial charge in [-0.2, -0.15) is 13.2 Å². The van der Waals surface area contributed by atoms with Crippen LogP contribution in [0.4, 0.5) is 18.9 Å². The normalized spacial score (nSPS) is 12.4. The maximum Gasteiger partial charge on any atom is 0.416 e. The van der Waals surface area contributed by atoms with E-state index >= 15 is 0 Å². The van der Waals surface area contributed by atoms with Crippen LogP contribution in [0.3, 0.4) is 0 Å². The number of anilines is 1. The minimum atomic E-state index is -4.64. The van der Waals surface area contributed by atoms with Crippen molar-refractivity contribution in [1.82, 2.24) is 10.2 Å². The summed E-state index contributed by atoms with van der Waals surface area (Å²) in [6.45, 7) is -0.105. The number of benzene rings is 3. The third kappa shape index (κ3) is 9.32. The van der Waals surface area contributed by atoms with Crippen LogP contribution in [0.25, 0.3) is 0 Å². The second-order valence-corrected chi connectivity index (χ2v) is 12.3. The molecule has 3 aromatic carbocycles. The maximum atomic E-state index is 13.7. The lowest BCUT2D eigenvalue weighted by molar-refractivity contribution is -0.141. The molecule has 0 aliphatic heterocycles. The molecular weight excluding hydrogens is 623 g/mol. The lowest BCUT2D eigenvalue weighted by atomic mass is 10.0. The molecule has 7 nitrogen and oxygen atoms in total. The molecule has 1 unspecified atom stereocenters. The summed E-state index contributed by atoms with van der Waals surface area (Å²) in [6, 6.07) is 19.7. The molecule has 0 bridgehead atoms. The lowest BCUT2D eigenvalue weighted by Crippen LogP contribution is -2.49. The fourth-order valence-corrected chi connectivity index (χ4v) is 5.80. The van der Waals surface area contributed by atoms with Crippen LogP contribution in [0.2, 0.25) is 0 Å². The Hall–Kier alpha value is -3.38. The van der Waals surface area contributed by atoms with E-state index in [9.17, 15) is 31.2 Å². The first-order valence-corrected chi connectivity index (χ1v) is 15.4. The van der Waals surface area contributed by atoms with Gasteiger partial charge in [0.05, 0.1) is 17.5 Å². The summed E-state index contributed by atoms with van der Waals surface area (Å²) in [5, 5.41) is 2.63. The number of nitrogens with one attached hydrogen (secondary N) is 1. The molecule has 0 aliphatic rings. The number of halogens is 4. The SMILES string of the molecule is CNC(=O)C(Cc1ccccc1)N(Cc1cccc(Br)c1)C(=O)CCCN(c1cccc(C(F)(F)F)c1)S(C)(=O)=O. The first-order chi connectivity index (χ1) is 19.3. The molecule has 0 aliphatic carbocycles. The molecule has 3 rings (SSSR count). The molecule has 220 valence electrons. The zero-order valence-corrected chi connectivity index (χ0v) is 25.0. The van der Waals surface area contributed by atoms with E-state index < -0.39 is 33.7 Å². The number of alkyl halides is 3. The molecule has 0 heterocycles. The average Bonchev–Trinajstić information content (AvgIpc) is 2.92. The second kappa shape index (κ2) is 14.0. The van der Waals surface area contributed by atoms with E-state index in [1.165, 1.54) is 18.0 Å². The number of carbonyl (C=O) groups excluding carboxylic acids is 2. The molecule has 0 aromatic heterocycles. The van der Waals surface area contributed by atoms with Crippen molar-refractivity contribution in [2.45, 2.75) is 38.0 Å². The van der Waals surface area contributed by atoms with Crippen LogP contribution < -0.4 is 9.62 Å². The summed E-state index contributed by atoms with van der Waals surface area (Å²) in [5.74, 6) is -0.758. The van der Waals surface area contributed by atoms with Crippen LogP contribution >= 0.6 is 15.9 Å². The second-order valence-electron chi connectivity index (χ2n) is 9.46. The molecule has 0 saturated carbocycles. The van der Waals surface area contributed by atoms with Gasteiger partial charge >= 0.3 is 6.18 Å². The summed E-state index contributed by atoms with van der Waals surface area (Å²) < 4.78 is 66.4. The zero-order valence-electron chi connectivity index (χ0n) is 22.6. The van der Waals surface area contributed by atoms with Crippen molar-refractivity contribution < 1.29 is 31.2 Å². The molecule has 3 aromatic rings. The highest BCUT2D eigenvalue weighted by molar-refractivity contribution is 9.10. The number of hydrogen-bond acceptors (Lipinski definition) is 4. The standard InChI is InChI=1S/C29H31BrF3N3O4S/c1-34-28(38)26(18-21-9-4-3-5-10-21)35(20-22-11-6-13-24(30)17-22)27(37)15-8-16-36(41(2,39)40)25-14-7-12-23(19-25)29(31,32)33/h3-7,9-14,17,19,26H,8,15-16,18,20H2,1-2H3,(H,34,38). The molecule has 0 saturated heterocycles. The largest absolute Gasteiger partial charge is 0.416 e. The number of carbonyl (C=O) groups is 2. The van der Waals surface area contributed by atoms with E-state index in [1.54, 1.807) is 0 Å². The molecule has 1 atom stereocenters. The Balaban J connectivity index is 1.86. The minimum absolute atomic E-state index is 0.0168. The highest BCUT2D eigenvalue weighted by Gasteiger charge is 2.32. The predicted octanol–water partition coefficient (Wildman–Crippen LogP) is 5.40. The smallest absolute Gasteiger partial charge is 0.357 e. The average molecular weight is 655 g/mol. The van der Waals surface area contributed by atoms with E-state index in [-0.39, 0.29) is 43.9 Å². The molecule has 0 radical (unpaired) electrons. The van der Waals surface area contributed by atoms with Crippen molar-refractivity contribution in [3.05, 3.63) is 100 Å². The molecule has 41 heavy (non-hydrogen) atoms. The third-order valence-electron chi connectivity index (χ3n) is 6.37. The molecule has 12 heteroatoms. The predicted molar refractivity (Wildman–Crippen MR) is 156 cm³/mol. The van der Waals surface area contributed by atoms with Gasteiger partial charge in [-0.15, -0.1) is 0 Å². The van der Waals surface area contributed by atoms with Gasteiger partial charge in [0.1, 0.15) is 6.04 Å². The zero-order chi connectivity index (χ0) is 30.2. The van der Waals surface area contributed by atoms with Gasteiger partial charge in [-0.1, -0.05) is 64.5 Å². The first-order valence-electron chi connectivity index (χ1n) is 12.7. The Kier molecular flexibility index (Phi) is 11.0. The van der Waals surface area contributed by atoms with Gasteiger partial charge < -0.3 is 10.2 Å². The number of likely N-dealkylation sites (N-methyl/N-ethyl adjacent to an activating group) is 1. The quantitative estimate of drug-likeness (QED) is 0.284. The number of rotatable bonds is 12. The van der Waals surface area contributed by atoms with Crippen molar-refractivity contribution in [3.8, 4) is 0 Å². The van der Waals surface area contributed by atoms with Gasteiger partial charge in [-0.3, -0.25) is 13.9 Å². The summed E-state index contributed by atoms with van der Waals surface area (Å²) >= 11 is 3.42. The topological polar surface area (TPSA) is 86.8 Å². The van der Waals surface area contributed by atoms with E-state index in [4.69, 9.17) is 0 Å².